The molecule has 0 saturated carbocycles. The molecule has 17 heavy (non-hydrogen) atoms. The van der Waals surface area contributed by atoms with Gasteiger partial charge in [0, 0.05) is 12.8 Å². The maximum absolute atomic E-state index is 11.5. The van der Waals surface area contributed by atoms with Gasteiger partial charge >= 0.3 is 5.97 Å². The van der Waals surface area contributed by atoms with Crippen LogP contribution in [0, 0.1) is 0 Å². The molecule has 0 saturated heterocycles. The summed E-state index contributed by atoms with van der Waals surface area (Å²) >= 11 is 0. The van der Waals surface area contributed by atoms with E-state index in [4.69, 9.17) is 0 Å². The molecular weight excluding hydrogens is 214 g/mol. The van der Waals surface area contributed by atoms with Gasteiger partial charge < -0.3 is 10.4 Å². The van der Waals surface area contributed by atoms with Gasteiger partial charge in [0.05, 0.1) is 0 Å². The predicted octanol–water partition coefficient (Wildman–Crippen LogP) is 2.00. The van der Waals surface area contributed by atoms with E-state index < -0.39 is 11.5 Å². The fourth-order valence-electron chi connectivity index (χ4n) is 2.47. The lowest BCUT2D eigenvalue weighted by atomic mass is 9.95. The molecule has 3 heteroatoms. The summed E-state index contributed by atoms with van der Waals surface area (Å²) in [7, 11) is 0. The van der Waals surface area contributed by atoms with E-state index in [1.54, 1.807) is 0 Å². The lowest BCUT2D eigenvalue weighted by Gasteiger charge is -2.25. The third kappa shape index (κ3) is 2.34. The van der Waals surface area contributed by atoms with E-state index in [9.17, 15) is 9.90 Å². The first-order chi connectivity index (χ1) is 8.18. The minimum atomic E-state index is -0.779. The molecule has 1 aromatic rings. The second-order valence-corrected chi connectivity index (χ2v) is 4.79. The Labute approximate surface area is 102 Å². The quantitative estimate of drug-likeness (QED) is 0.765. The fraction of sp³-hybridized carbons (Fsp3) is 0.500. The van der Waals surface area contributed by atoms with E-state index in [-0.39, 0.29) is 0 Å². The maximum atomic E-state index is 11.5. The van der Waals surface area contributed by atoms with Crippen molar-refractivity contribution >= 4 is 5.97 Å². The molecule has 2 N–H and O–H groups in total. The second-order valence-electron chi connectivity index (χ2n) is 4.79. The number of carboxylic acids is 1. The number of fused-ring (bicyclic) bond motifs is 1. The second kappa shape index (κ2) is 4.88. The van der Waals surface area contributed by atoms with Crippen LogP contribution in [0.1, 0.15) is 30.9 Å². The van der Waals surface area contributed by atoms with Crippen molar-refractivity contribution in [3.8, 4) is 0 Å². The van der Waals surface area contributed by atoms with Gasteiger partial charge in [0.2, 0.25) is 0 Å². The lowest BCUT2D eigenvalue weighted by molar-refractivity contribution is -0.144. The molecule has 0 bridgehead atoms. The number of rotatable bonds is 5. The van der Waals surface area contributed by atoms with Crippen molar-refractivity contribution in [2.75, 3.05) is 6.54 Å². The van der Waals surface area contributed by atoms with E-state index in [1.807, 2.05) is 24.3 Å². The number of aliphatic carboxylic acids is 1. The number of nitrogens with one attached hydrogen (secondary N) is 1. The van der Waals surface area contributed by atoms with Crippen molar-refractivity contribution in [3.63, 3.8) is 0 Å². The monoisotopic (exact) mass is 233 g/mol. The standard InChI is InChI=1S/C14H19NO2/c1-2-3-8-15-14(13(16)17)9-11-6-4-5-7-12(11)10-14/h4-7,15H,2-3,8-10H2,1H3,(H,16,17). The van der Waals surface area contributed by atoms with Crippen molar-refractivity contribution in [2.45, 2.75) is 38.1 Å². The smallest absolute Gasteiger partial charge is 0.324 e. The first-order valence-electron chi connectivity index (χ1n) is 6.23. The molecule has 1 aliphatic rings. The van der Waals surface area contributed by atoms with E-state index in [1.165, 1.54) is 11.1 Å². The molecule has 0 heterocycles. The molecule has 3 nitrogen and oxygen atoms in total. The van der Waals surface area contributed by atoms with Gasteiger partial charge in [-0.25, -0.2) is 0 Å². The molecule has 0 atom stereocenters. The van der Waals surface area contributed by atoms with Crippen molar-refractivity contribution in [3.05, 3.63) is 35.4 Å². The van der Waals surface area contributed by atoms with Crippen LogP contribution in [0.4, 0.5) is 0 Å². The molecule has 0 fully saturated rings. The summed E-state index contributed by atoms with van der Waals surface area (Å²) in [5, 5.41) is 12.7. The predicted molar refractivity (Wildman–Crippen MR) is 67.1 cm³/mol. The highest BCUT2D eigenvalue weighted by Gasteiger charge is 2.43. The van der Waals surface area contributed by atoms with Gasteiger partial charge in [0.1, 0.15) is 5.54 Å². The van der Waals surface area contributed by atoms with E-state index in [0.29, 0.717) is 12.8 Å². The maximum Gasteiger partial charge on any atom is 0.324 e. The lowest BCUT2D eigenvalue weighted by Crippen LogP contribution is -2.53. The van der Waals surface area contributed by atoms with Crippen LogP contribution >= 0.6 is 0 Å². The van der Waals surface area contributed by atoms with E-state index >= 15 is 0 Å². The number of unbranched alkanes of at least 4 members (excludes halogenated alkanes) is 1. The zero-order valence-electron chi connectivity index (χ0n) is 10.2. The molecule has 1 aromatic carbocycles. The summed E-state index contributed by atoms with van der Waals surface area (Å²) in [5.41, 5.74) is 1.55. The van der Waals surface area contributed by atoms with Crippen LogP contribution in [-0.2, 0) is 17.6 Å². The molecule has 0 spiro atoms. The molecule has 0 aromatic heterocycles. The Hall–Kier alpha value is -1.35. The molecule has 0 unspecified atom stereocenters. The van der Waals surface area contributed by atoms with Crippen LogP contribution in [0.25, 0.3) is 0 Å². The van der Waals surface area contributed by atoms with Crippen LogP contribution in [0.5, 0.6) is 0 Å². The van der Waals surface area contributed by atoms with Crippen LogP contribution < -0.4 is 5.32 Å². The first-order valence-corrected chi connectivity index (χ1v) is 6.23. The number of hydrogen-bond donors (Lipinski definition) is 2. The minimum absolute atomic E-state index is 0.599. The fourth-order valence-corrected chi connectivity index (χ4v) is 2.47. The topological polar surface area (TPSA) is 49.3 Å². The normalized spacial score (nSPS) is 16.8. The first kappa shape index (κ1) is 12.1. The summed E-state index contributed by atoms with van der Waals surface area (Å²) in [6, 6.07) is 8.01. The van der Waals surface area contributed by atoms with Crippen molar-refractivity contribution in [1.82, 2.24) is 5.32 Å². The highest BCUT2D eigenvalue weighted by Crippen LogP contribution is 2.30. The van der Waals surface area contributed by atoms with Crippen LogP contribution in [-0.4, -0.2) is 23.2 Å². The third-order valence-corrected chi connectivity index (χ3v) is 3.51. The summed E-state index contributed by atoms with van der Waals surface area (Å²) in [6.45, 7) is 2.88. The molecule has 92 valence electrons. The molecule has 2 rings (SSSR count). The van der Waals surface area contributed by atoms with Gasteiger partial charge in [-0.1, -0.05) is 37.6 Å². The molecule has 0 amide bonds. The number of carboxylic acid groups (broad SMARTS) is 1. The highest BCUT2D eigenvalue weighted by molar-refractivity contribution is 5.81. The van der Waals surface area contributed by atoms with Crippen LogP contribution in [0.3, 0.4) is 0 Å². The zero-order chi connectivity index (χ0) is 12.3. The zero-order valence-corrected chi connectivity index (χ0v) is 10.2. The Morgan fingerprint density at radius 1 is 1.35 bits per heavy atom. The summed E-state index contributed by atoms with van der Waals surface area (Å²) in [4.78, 5) is 11.5. The van der Waals surface area contributed by atoms with Crippen molar-refractivity contribution < 1.29 is 9.90 Å². The van der Waals surface area contributed by atoms with E-state index in [2.05, 4.69) is 12.2 Å². The van der Waals surface area contributed by atoms with Gasteiger partial charge in [-0.3, -0.25) is 4.79 Å². The average molecular weight is 233 g/mol. The minimum Gasteiger partial charge on any atom is -0.480 e. The van der Waals surface area contributed by atoms with E-state index in [0.717, 1.165) is 19.4 Å². The van der Waals surface area contributed by atoms with Gasteiger partial charge in [-0.2, -0.15) is 0 Å². The number of benzene rings is 1. The Balaban J connectivity index is 2.14. The third-order valence-electron chi connectivity index (χ3n) is 3.51. The van der Waals surface area contributed by atoms with Gasteiger partial charge in [0.25, 0.3) is 0 Å². The number of hydrogen-bond acceptors (Lipinski definition) is 2. The van der Waals surface area contributed by atoms with Gasteiger partial charge in [-0.05, 0) is 24.1 Å². The van der Waals surface area contributed by atoms with Gasteiger partial charge in [-0.15, -0.1) is 0 Å². The van der Waals surface area contributed by atoms with Crippen LogP contribution in [0.15, 0.2) is 24.3 Å². The Morgan fingerprint density at radius 3 is 2.41 bits per heavy atom. The van der Waals surface area contributed by atoms with Gasteiger partial charge in [0.15, 0.2) is 0 Å². The summed E-state index contributed by atoms with van der Waals surface area (Å²) in [6.07, 6.45) is 3.30. The highest BCUT2D eigenvalue weighted by atomic mass is 16.4. The molecule has 1 aliphatic carbocycles. The molecular formula is C14H19NO2. The van der Waals surface area contributed by atoms with Crippen molar-refractivity contribution in [1.29, 1.82) is 0 Å². The molecule has 0 radical (unpaired) electrons. The van der Waals surface area contributed by atoms with Crippen molar-refractivity contribution in [2.24, 2.45) is 0 Å². The summed E-state index contributed by atoms with van der Waals surface area (Å²) < 4.78 is 0. The van der Waals surface area contributed by atoms with Crippen LogP contribution in [0.2, 0.25) is 0 Å². The number of carbonyl (C=O) groups is 1. The SMILES string of the molecule is CCCCNC1(C(=O)O)Cc2ccccc2C1. The summed E-state index contributed by atoms with van der Waals surface area (Å²) in [5.74, 6) is -0.732. The largest absolute Gasteiger partial charge is 0.480 e. The Bertz CT molecular complexity index is 389. The molecule has 0 aliphatic heterocycles. The Morgan fingerprint density at radius 2 is 1.94 bits per heavy atom. The Kier molecular flexibility index (Phi) is 3.48. The average Bonchev–Trinajstić information content (AvgIpc) is 2.69.